The number of fused-ring (bicyclic) bond motifs is 1. The summed E-state index contributed by atoms with van der Waals surface area (Å²) < 4.78 is 31.6. The average Bonchev–Trinajstić information content (AvgIpc) is 3.23. The van der Waals surface area contributed by atoms with Crippen LogP contribution in [0.25, 0.3) is 22.6 Å². The van der Waals surface area contributed by atoms with Gasteiger partial charge in [0.1, 0.15) is 17.2 Å². The van der Waals surface area contributed by atoms with Gasteiger partial charge < -0.3 is 9.13 Å². The van der Waals surface area contributed by atoms with Crippen LogP contribution >= 0.6 is 0 Å². The lowest BCUT2D eigenvalue weighted by atomic mass is 10.2. The van der Waals surface area contributed by atoms with Gasteiger partial charge in [-0.25, -0.2) is 23.7 Å². The van der Waals surface area contributed by atoms with Crippen molar-refractivity contribution < 1.29 is 8.78 Å². The fourth-order valence-electron chi connectivity index (χ4n) is 3.09. The van der Waals surface area contributed by atoms with Gasteiger partial charge in [-0.05, 0) is 30.7 Å². The summed E-state index contributed by atoms with van der Waals surface area (Å²) >= 11 is 0. The van der Waals surface area contributed by atoms with Crippen LogP contribution in [0.2, 0.25) is 0 Å². The van der Waals surface area contributed by atoms with E-state index in [1.807, 2.05) is 12.1 Å². The minimum absolute atomic E-state index is 0.131. The molecule has 0 spiro atoms. The molecule has 0 bridgehead atoms. The summed E-state index contributed by atoms with van der Waals surface area (Å²) in [7, 11) is 0. The quantitative estimate of drug-likeness (QED) is 0.544. The molecule has 0 saturated heterocycles. The second-order valence-electron chi connectivity index (χ2n) is 6.01. The number of halogens is 2. The molecule has 0 aliphatic rings. The normalized spacial score (nSPS) is 11.3. The maximum Gasteiger partial charge on any atom is 0.169 e. The first kappa shape index (κ1) is 16.4. The highest BCUT2D eigenvalue weighted by atomic mass is 19.2. The molecule has 0 unspecified atom stereocenters. The van der Waals surface area contributed by atoms with Gasteiger partial charge >= 0.3 is 0 Å². The number of hydrogen-bond donors (Lipinski definition) is 0. The predicted molar refractivity (Wildman–Crippen MR) is 94.5 cm³/mol. The largest absolute Gasteiger partial charge is 0.323 e. The SMILES string of the molecule is CCCn1c(Cn2ccnc2-c2cccc(F)c2F)nc2cccnc21. The zero-order valence-corrected chi connectivity index (χ0v) is 14.2. The highest BCUT2D eigenvalue weighted by Crippen LogP contribution is 2.24. The Kier molecular flexibility index (Phi) is 4.20. The molecule has 5 nitrogen and oxygen atoms in total. The van der Waals surface area contributed by atoms with Crippen LogP contribution < -0.4 is 0 Å². The van der Waals surface area contributed by atoms with Crippen LogP contribution in [0, 0.1) is 11.6 Å². The number of pyridine rings is 1. The lowest BCUT2D eigenvalue weighted by Gasteiger charge is -2.11. The molecule has 0 amide bonds. The van der Waals surface area contributed by atoms with Gasteiger partial charge in [0.15, 0.2) is 17.3 Å². The Morgan fingerprint density at radius 1 is 1.04 bits per heavy atom. The van der Waals surface area contributed by atoms with Crippen molar-refractivity contribution in [3.05, 3.63) is 66.4 Å². The molecular formula is C19H17F2N5. The van der Waals surface area contributed by atoms with Crippen molar-refractivity contribution in [3.8, 4) is 11.4 Å². The van der Waals surface area contributed by atoms with E-state index in [0.717, 1.165) is 36.0 Å². The van der Waals surface area contributed by atoms with Gasteiger partial charge in [0.05, 0.1) is 12.1 Å². The first-order valence-electron chi connectivity index (χ1n) is 8.44. The van der Waals surface area contributed by atoms with E-state index in [0.29, 0.717) is 12.4 Å². The van der Waals surface area contributed by atoms with E-state index >= 15 is 0 Å². The third-order valence-electron chi connectivity index (χ3n) is 4.25. The molecule has 4 rings (SSSR count). The monoisotopic (exact) mass is 353 g/mol. The first-order chi connectivity index (χ1) is 12.7. The molecule has 1 aromatic carbocycles. The molecule has 0 aliphatic carbocycles. The van der Waals surface area contributed by atoms with Crippen LogP contribution in [0.15, 0.2) is 48.9 Å². The lowest BCUT2D eigenvalue weighted by Crippen LogP contribution is -2.10. The van der Waals surface area contributed by atoms with Gasteiger partial charge in [0, 0.05) is 25.1 Å². The number of hydrogen-bond acceptors (Lipinski definition) is 3. The van der Waals surface area contributed by atoms with Gasteiger partial charge in [0.2, 0.25) is 0 Å². The van der Waals surface area contributed by atoms with Crippen molar-refractivity contribution in [3.63, 3.8) is 0 Å². The third-order valence-corrected chi connectivity index (χ3v) is 4.25. The zero-order valence-electron chi connectivity index (χ0n) is 14.2. The first-order valence-corrected chi connectivity index (χ1v) is 8.44. The maximum atomic E-state index is 14.2. The van der Waals surface area contributed by atoms with Crippen LogP contribution in [0.3, 0.4) is 0 Å². The van der Waals surface area contributed by atoms with E-state index in [4.69, 9.17) is 0 Å². The van der Waals surface area contributed by atoms with Gasteiger partial charge in [-0.1, -0.05) is 13.0 Å². The van der Waals surface area contributed by atoms with Crippen molar-refractivity contribution in [2.75, 3.05) is 0 Å². The Morgan fingerprint density at radius 3 is 2.77 bits per heavy atom. The van der Waals surface area contributed by atoms with Crippen molar-refractivity contribution >= 4 is 11.2 Å². The summed E-state index contributed by atoms with van der Waals surface area (Å²) in [6.45, 7) is 3.26. The van der Waals surface area contributed by atoms with E-state index in [1.54, 1.807) is 23.2 Å². The standard InChI is InChI=1S/C19H17F2N5/c1-2-10-26-16(24-15-7-4-8-22-19(15)26)12-25-11-9-23-18(25)13-5-3-6-14(20)17(13)21/h3-9,11H,2,10,12H2,1H3. The molecule has 3 aromatic heterocycles. The fourth-order valence-corrected chi connectivity index (χ4v) is 3.09. The molecule has 0 radical (unpaired) electrons. The van der Waals surface area contributed by atoms with Crippen molar-refractivity contribution in [1.82, 2.24) is 24.1 Å². The third kappa shape index (κ3) is 2.75. The Labute approximate surface area is 149 Å². The molecule has 0 aliphatic heterocycles. The Morgan fingerprint density at radius 2 is 1.92 bits per heavy atom. The summed E-state index contributed by atoms with van der Waals surface area (Å²) in [6.07, 6.45) is 5.99. The number of aryl methyl sites for hydroxylation is 1. The van der Waals surface area contributed by atoms with Crippen molar-refractivity contribution in [1.29, 1.82) is 0 Å². The van der Waals surface area contributed by atoms with Crippen LogP contribution in [-0.2, 0) is 13.1 Å². The van der Waals surface area contributed by atoms with Gasteiger partial charge in [-0.3, -0.25) is 0 Å². The zero-order chi connectivity index (χ0) is 18.1. The van der Waals surface area contributed by atoms with Gasteiger partial charge in [-0.15, -0.1) is 0 Å². The molecule has 0 saturated carbocycles. The van der Waals surface area contributed by atoms with Crippen LogP contribution in [0.1, 0.15) is 19.2 Å². The number of aromatic nitrogens is 5. The number of benzene rings is 1. The number of nitrogens with zero attached hydrogens (tertiary/aromatic N) is 5. The van der Waals surface area contributed by atoms with Crippen molar-refractivity contribution in [2.45, 2.75) is 26.4 Å². The molecule has 26 heavy (non-hydrogen) atoms. The average molecular weight is 353 g/mol. The molecule has 0 N–H and O–H groups in total. The lowest BCUT2D eigenvalue weighted by molar-refractivity contribution is 0.509. The second-order valence-corrected chi connectivity index (χ2v) is 6.01. The summed E-state index contributed by atoms with van der Waals surface area (Å²) in [5, 5.41) is 0. The molecule has 132 valence electrons. The van der Waals surface area contributed by atoms with E-state index in [-0.39, 0.29) is 5.56 Å². The second kappa shape index (κ2) is 6.67. The Hall–Kier alpha value is -3.09. The molecule has 0 fully saturated rings. The minimum Gasteiger partial charge on any atom is -0.323 e. The highest BCUT2D eigenvalue weighted by Gasteiger charge is 2.17. The van der Waals surface area contributed by atoms with E-state index in [9.17, 15) is 8.78 Å². The maximum absolute atomic E-state index is 14.2. The number of rotatable bonds is 5. The van der Waals surface area contributed by atoms with E-state index in [2.05, 4.69) is 26.4 Å². The van der Waals surface area contributed by atoms with Gasteiger partial charge in [-0.2, -0.15) is 0 Å². The summed E-state index contributed by atoms with van der Waals surface area (Å²) in [4.78, 5) is 13.3. The summed E-state index contributed by atoms with van der Waals surface area (Å²) in [6, 6.07) is 7.86. The Balaban J connectivity index is 1.78. The molecule has 4 aromatic rings. The van der Waals surface area contributed by atoms with E-state index in [1.165, 1.54) is 12.1 Å². The fraction of sp³-hybridized carbons (Fsp3) is 0.211. The molecule has 7 heteroatoms. The smallest absolute Gasteiger partial charge is 0.169 e. The minimum atomic E-state index is -0.899. The topological polar surface area (TPSA) is 48.5 Å². The van der Waals surface area contributed by atoms with Crippen LogP contribution in [-0.4, -0.2) is 24.1 Å². The van der Waals surface area contributed by atoms with Crippen LogP contribution in [0.5, 0.6) is 0 Å². The predicted octanol–water partition coefficient (Wildman–Crippen LogP) is 4.03. The van der Waals surface area contributed by atoms with Gasteiger partial charge in [0.25, 0.3) is 0 Å². The van der Waals surface area contributed by atoms with Crippen LogP contribution in [0.4, 0.5) is 8.78 Å². The summed E-state index contributed by atoms with van der Waals surface area (Å²) in [5.74, 6) is -0.621. The molecular weight excluding hydrogens is 336 g/mol. The molecule has 0 atom stereocenters. The number of imidazole rings is 2. The van der Waals surface area contributed by atoms with E-state index < -0.39 is 11.6 Å². The summed E-state index contributed by atoms with van der Waals surface area (Å²) in [5.41, 5.74) is 1.77. The van der Waals surface area contributed by atoms with Crippen molar-refractivity contribution in [2.24, 2.45) is 0 Å². The molecule has 3 heterocycles. The Bertz CT molecular complexity index is 1070. The highest BCUT2D eigenvalue weighted by molar-refractivity contribution is 5.71.